The maximum absolute atomic E-state index is 10.1. The fourth-order valence-corrected chi connectivity index (χ4v) is 0.712. The molecule has 13 nitrogen and oxygen atoms in total. The molecule has 0 aliphatic heterocycles. The molecule has 118 valence electrons. The summed E-state index contributed by atoms with van der Waals surface area (Å²) < 4.78 is 10.1. The van der Waals surface area contributed by atoms with Gasteiger partial charge in [-0.15, -0.1) is 0 Å². The van der Waals surface area contributed by atoms with Gasteiger partial charge in [0.05, 0.1) is 12.8 Å². The lowest BCUT2D eigenvalue weighted by atomic mass is 10.7. The quantitative estimate of drug-likeness (QED) is 0.210. The first-order valence-electron chi connectivity index (χ1n) is 3.49. The van der Waals surface area contributed by atoms with Crippen molar-refractivity contribution in [1.82, 2.24) is 23.8 Å². The molecule has 0 saturated heterocycles. The highest BCUT2D eigenvalue weighted by atomic mass is 31.2. The number of carbonyl (C=O) groups is 3. The number of carboxylic acid groups (broad SMARTS) is 3. The largest absolute Gasteiger partial charge is 0.480 e. The number of hydrogen-bond acceptors (Lipinski definition) is 8. The molecule has 0 spiro atoms. The van der Waals surface area contributed by atoms with Crippen LogP contribution in [0.15, 0.2) is 0 Å². The fourth-order valence-electron chi connectivity index (χ4n) is 0.308. The van der Waals surface area contributed by atoms with Gasteiger partial charge in [-0.2, -0.15) is 0 Å². The van der Waals surface area contributed by atoms with Crippen LogP contribution in [-0.4, -0.2) is 55.8 Å². The molecule has 0 atom stereocenters. The lowest BCUT2D eigenvalue weighted by Crippen LogP contribution is -2.23. The van der Waals surface area contributed by atoms with Crippen LogP contribution in [0.5, 0.6) is 0 Å². The molecular formula is C5H19N4O9P. The molecule has 0 fully saturated rings. The Kier molecular flexibility index (Phi) is 23.2. The van der Waals surface area contributed by atoms with E-state index in [4.69, 9.17) is 34.7 Å². The Balaban J connectivity index is -0.0000000646. The summed E-state index contributed by atoms with van der Waals surface area (Å²) in [4.78, 5) is 44.3. The normalized spacial score (nSPS) is 8.32. The van der Waals surface area contributed by atoms with E-state index in [0.717, 1.165) is 0 Å². The average molecular weight is 310 g/mol. The van der Waals surface area contributed by atoms with E-state index in [1.54, 1.807) is 0 Å². The highest BCUT2D eigenvalue weighted by molar-refractivity contribution is 7.51. The SMILES string of the molecule is N.N.N.O=C(O)C(=O)O.O=C(O)CNCP(=O)(O)O. The van der Waals surface area contributed by atoms with Gasteiger partial charge >= 0.3 is 25.5 Å². The Hall–Kier alpha value is -1.60. The summed E-state index contributed by atoms with van der Waals surface area (Å²) in [5.74, 6) is -4.79. The van der Waals surface area contributed by atoms with Crippen LogP contribution in [0.25, 0.3) is 0 Å². The minimum Gasteiger partial charge on any atom is -0.480 e. The van der Waals surface area contributed by atoms with Gasteiger partial charge < -0.3 is 43.6 Å². The molecule has 0 rings (SSSR count). The van der Waals surface area contributed by atoms with Gasteiger partial charge in [-0.1, -0.05) is 0 Å². The van der Waals surface area contributed by atoms with Crippen LogP contribution in [0.3, 0.4) is 0 Å². The average Bonchev–Trinajstić information content (AvgIpc) is 2.01. The topological polar surface area (TPSA) is 286 Å². The molecule has 0 heterocycles. The van der Waals surface area contributed by atoms with Gasteiger partial charge in [0.15, 0.2) is 0 Å². The zero-order chi connectivity index (χ0) is 13.4. The van der Waals surface area contributed by atoms with E-state index in [1.807, 2.05) is 0 Å². The van der Waals surface area contributed by atoms with Gasteiger partial charge in [-0.05, 0) is 0 Å². The van der Waals surface area contributed by atoms with Crippen molar-refractivity contribution in [3.05, 3.63) is 0 Å². The van der Waals surface area contributed by atoms with Crippen molar-refractivity contribution in [3.63, 3.8) is 0 Å². The lowest BCUT2D eigenvalue weighted by molar-refractivity contribution is -0.159. The van der Waals surface area contributed by atoms with Crippen molar-refractivity contribution in [2.75, 3.05) is 12.8 Å². The molecular weight excluding hydrogens is 291 g/mol. The van der Waals surface area contributed by atoms with Crippen molar-refractivity contribution in [1.29, 1.82) is 0 Å². The molecule has 0 unspecified atom stereocenters. The number of rotatable bonds is 4. The molecule has 0 aromatic carbocycles. The Morgan fingerprint density at radius 3 is 1.37 bits per heavy atom. The predicted molar refractivity (Wildman–Crippen MR) is 62.9 cm³/mol. The highest BCUT2D eigenvalue weighted by Crippen LogP contribution is 2.31. The number of carboxylic acids is 3. The van der Waals surface area contributed by atoms with Crippen molar-refractivity contribution in [2.24, 2.45) is 0 Å². The molecule has 0 aliphatic rings. The highest BCUT2D eigenvalue weighted by Gasteiger charge is 2.11. The van der Waals surface area contributed by atoms with Gasteiger partial charge in [0.1, 0.15) is 0 Å². The maximum Gasteiger partial charge on any atom is 0.414 e. The molecule has 15 N–H and O–H groups in total. The van der Waals surface area contributed by atoms with Crippen LogP contribution >= 0.6 is 7.60 Å². The summed E-state index contributed by atoms with van der Waals surface area (Å²) in [6.07, 6.45) is -0.598. The van der Waals surface area contributed by atoms with E-state index >= 15 is 0 Å². The Labute approximate surface area is 107 Å². The van der Waals surface area contributed by atoms with Crippen molar-refractivity contribution < 1.29 is 44.1 Å². The van der Waals surface area contributed by atoms with Crippen LogP contribution in [-0.2, 0) is 18.9 Å². The second-order valence-electron chi connectivity index (χ2n) is 2.25. The van der Waals surface area contributed by atoms with E-state index in [2.05, 4.69) is 5.32 Å². The molecule has 0 aromatic rings. The summed E-state index contributed by atoms with van der Waals surface area (Å²) in [5, 5.41) is 24.8. The van der Waals surface area contributed by atoms with Gasteiger partial charge in [-0.25, -0.2) is 9.59 Å². The van der Waals surface area contributed by atoms with Crippen molar-refractivity contribution in [2.45, 2.75) is 0 Å². The van der Waals surface area contributed by atoms with Gasteiger partial charge in [-0.3, -0.25) is 14.7 Å². The third-order valence-corrected chi connectivity index (χ3v) is 1.41. The number of aliphatic carboxylic acids is 3. The van der Waals surface area contributed by atoms with Gasteiger partial charge in [0.2, 0.25) is 0 Å². The summed E-state index contributed by atoms with van der Waals surface area (Å²) in [6.45, 7) is -0.439. The Morgan fingerprint density at radius 1 is 0.895 bits per heavy atom. The first-order chi connectivity index (χ1) is 7.06. The molecule has 0 saturated carbocycles. The van der Waals surface area contributed by atoms with Crippen LogP contribution in [0.1, 0.15) is 0 Å². The van der Waals surface area contributed by atoms with E-state index in [1.165, 1.54) is 0 Å². The fraction of sp³-hybridized carbons (Fsp3) is 0.400. The zero-order valence-electron chi connectivity index (χ0n) is 9.85. The first-order valence-corrected chi connectivity index (χ1v) is 5.29. The van der Waals surface area contributed by atoms with Crippen LogP contribution in [0.4, 0.5) is 0 Å². The van der Waals surface area contributed by atoms with E-state index in [9.17, 15) is 9.36 Å². The standard InChI is InChI=1S/C3H8NO5P.C2H2O4.3H3N/c5-3(6)1-4-2-10(7,8)9;3-1(4)2(5)6;;;/h4H,1-2H2,(H,5,6)(H2,7,8,9);(H,3,4)(H,5,6);3*1H3. The summed E-state index contributed by atoms with van der Waals surface area (Å²) in [6, 6.07) is 0. The minimum absolute atomic E-state index is 0. The van der Waals surface area contributed by atoms with Crippen LogP contribution in [0, 0.1) is 0 Å². The van der Waals surface area contributed by atoms with Crippen LogP contribution in [0.2, 0.25) is 0 Å². The second-order valence-corrected chi connectivity index (χ2v) is 3.90. The van der Waals surface area contributed by atoms with E-state index < -0.39 is 38.3 Å². The van der Waals surface area contributed by atoms with Gasteiger partial charge in [0.25, 0.3) is 0 Å². The van der Waals surface area contributed by atoms with E-state index in [0.29, 0.717) is 0 Å². The molecule has 0 bridgehead atoms. The molecule has 14 heteroatoms. The molecule has 0 aromatic heterocycles. The minimum atomic E-state index is -4.10. The monoisotopic (exact) mass is 310 g/mol. The molecule has 19 heavy (non-hydrogen) atoms. The van der Waals surface area contributed by atoms with Crippen LogP contribution < -0.4 is 23.8 Å². The molecule has 0 radical (unpaired) electrons. The smallest absolute Gasteiger partial charge is 0.414 e. The zero-order valence-corrected chi connectivity index (χ0v) is 10.7. The molecule has 0 amide bonds. The summed E-state index contributed by atoms with van der Waals surface area (Å²) >= 11 is 0. The number of nitrogens with one attached hydrogen (secondary N) is 1. The maximum atomic E-state index is 10.1. The van der Waals surface area contributed by atoms with Gasteiger partial charge in [0, 0.05) is 0 Å². The number of hydrogen-bond donors (Lipinski definition) is 9. The second kappa shape index (κ2) is 14.5. The van der Waals surface area contributed by atoms with Crippen molar-refractivity contribution in [3.8, 4) is 0 Å². The Bertz CT molecular complexity index is 304. The lowest BCUT2D eigenvalue weighted by Gasteiger charge is -2.02. The third kappa shape index (κ3) is 38.5. The predicted octanol–water partition coefficient (Wildman–Crippen LogP) is -1.56. The molecule has 0 aliphatic carbocycles. The third-order valence-electron chi connectivity index (χ3n) is 0.777. The van der Waals surface area contributed by atoms with Crippen molar-refractivity contribution >= 4 is 25.5 Å². The Morgan fingerprint density at radius 2 is 1.21 bits per heavy atom. The van der Waals surface area contributed by atoms with E-state index in [-0.39, 0.29) is 18.5 Å². The summed E-state index contributed by atoms with van der Waals surface area (Å²) in [5.41, 5.74) is 0. The summed E-state index contributed by atoms with van der Waals surface area (Å²) in [7, 11) is -4.10. The first kappa shape index (κ1) is 30.4.